The molecule has 0 saturated carbocycles. The van der Waals surface area contributed by atoms with Gasteiger partial charge in [-0.2, -0.15) is 5.10 Å². The van der Waals surface area contributed by atoms with Gasteiger partial charge in [-0.15, -0.1) is 11.3 Å². The van der Waals surface area contributed by atoms with E-state index in [1.165, 1.54) is 15.3 Å². The Kier molecular flexibility index (Phi) is 5.33. The minimum Gasteiger partial charge on any atom is -0.370 e. The number of likely N-dealkylation sites (N-methyl/N-ethyl adjacent to an activating group) is 1. The molecule has 24 heavy (non-hydrogen) atoms. The molecule has 0 aliphatic carbocycles. The number of hydrogen-bond donors (Lipinski definition) is 1. The fraction of sp³-hybridized carbons (Fsp3) is 0.529. The van der Waals surface area contributed by atoms with Gasteiger partial charge in [0, 0.05) is 43.1 Å². The first-order chi connectivity index (χ1) is 11.5. The van der Waals surface area contributed by atoms with Crippen molar-refractivity contribution in [3.05, 3.63) is 39.3 Å². The summed E-state index contributed by atoms with van der Waals surface area (Å²) in [7, 11) is 3.52. The van der Waals surface area contributed by atoms with E-state index in [2.05, 4.69) is 29.5 Å². The highest BCUT2D eigenvalue weighted by Gasteiger charge is 2.25. The molecule has 0 aromatic carbocycles. The van der Waals surface area contributed by atoms with Crippen LogP contribution >= 0.6 is 11.3 Å². The summed E-state index contributed by atoms with van der Waals surface area (Å²) >= 11 is 1.81. The molecule has 0 spiro atoms. The predicted octanol–water partition coefficient (Wildman–Crippen LogP) is 1.74. The second kappa shape index (κ2) is 7.46. The SMILES string of the molecule is Cc1ccc(CNC[C@@H]2OCCc3cn(CC(=O)N(C)C)nc32)s1. The molecule has 0 unspecified atom stereocenters. The molecule has 1 N–H and O–H groups in total. The Balaban J connectivity index is 1.60. The number of nitrogens with zero attached hydrogens (tertiary/aromatic N) is 3. The van der Waals surface area contributed by atoms with E-state index in [1.54, 1.807) is 23.7 Å². The zero-order valence-corrected chi connectivity index (χ0v) is 15.2. The van der Waals surface area contributed by atoms with E-state index in [1.807, 2.05) is 17.5 Å². The highest BCUT2D eigenvalue weighted by atomic mass is 32.1. The second-order valence-corrected chi connectivity index (χ2v) is 7.65. The van der Waals surface area contributed by atoms with Crippen LogP contribution in [0.4, 0.5) is 0 Å². The number of carbonyl (C=O) groups excluding carboxylic acids is 1. The average Bonchev–Trinajstić information content (AvgIpc) is 3.13. The highest BCUT2D eigenvalue weighted by Crippen LogP contribution is 2.25. The Morgan fingerprint density at radius 3 is 3.04 bits per heavy atom. The summed E-state index contributed by atoms with van der Waals surface area (Å²) in [5, 5.41) is 8.05. The van der Waals surface area contributed by atoms with Gasteiger partial charge in [0.1, 0.15) is 12.6 Å². The Morgan fingerprint density at radius 1 is 1.50 bits per heavy atom. The van der Waals surface area contributed by atoms with Gasteiger partial charge in [0.2, 0.25) is 5.91 Å². The molecule has 1 aliphatic rings. The number of aromatic nitrogens is 2. The van der Waals surface area contributed by atoms with Crippen molar-refractivity contribution in [1.82, 2.24) is 20.0 Å². The first-order valence-electron chi connectivity index (χ1n) is 8.17. The van der Waals surface area contributed by atoms with Crippen molar-refractivity contribution in [3.63, 3.8) is 0 Å². The Hall–Kier alpha value is -1.70. The van der Waals surface area contributed by atoms with Crippen LogP contribution in [0, 0.1) is 6.92 Å². The van der Waals surface area contributed by atoms with Gasteiger partial charge < -0.3 is 15.0 Å². The van der Waals surface area contributed by atoms with Crippen molar-refractivity contribution in [2.24, 2.45) is 0 Å². The minimum atomic E-state index is -0.0504. The van der Waals surface area contributed by atoms with Crippen molar-refractivity contribution in [2.75, 3.05) is 27.2 Å². The standard InChI is InChI=1S/C17H24N4O2S/c1-12-4-5-14(24-12)8-18-9-15-17-13(6-7-23-15)10-21(19-17)11-16(22)20(2)3/h4-5,10,15,18H,6-9,11H2,1-3H3/t15-/m0/s1. The predicted molar refractivity (Wildman–Crippen MR) is 94.1 cm³/mol. The lowest BCUT2D eigenvalue weighted by Gasteiger charge is -2.22. The van der Waals surface area contributed by atoms with E-state index in [9.17, 15) is 4.79 Å². The van der Waals surface area contributed by atoms with Crippen molar-refractivity contribution in [1.29, 1.82) is 0 Å². The normalized spacial score (nSPS) is 16.9. The molecule has 0 radical (unpaired) electrons. The molecule has 3 heterocycles. The van der Waals surface area contributed by atoms with Gasteiger partial charge in [0.05, 0.1) is 12.3 Å². The Bertz CT molecular complexity index is 707. The van der Waals surface area contributed by atoms with E-state index in [0.29, 0.717) is 6.61 Å². The summed E-state index contributed by atoms with van der Waals surface area (Å²) in [5.74, 6) is 0.0403. The molecule has 0 fully saturated rings. The number of nitrogens with one attached hydrogen (secondary N) is 1. The van der Waals surface area contributed by atoms with Gasteiger partial charge in [-0.05, 0) is 31.0 Å². The summed E-state index contributed by atoms with van der Waals surface area (Å²) in [6, 6.07) is 4.29. The maximum Gasteiger partial charge on any atom is 0.243 e. The monoisotopic (exact) mass is 348 g/mol. The first-order valence-corrected chi connectivity index (χ1v) is 8.98. The van der Waals surface area contributed by atoms with E-state index < -0.39 is 0 Å². The van der Waals surface area contributed by atoms with Crippen LogP contribution in [-0.4, -0.2) is 47.8 Å². The van der Waals surface area contributed by atoms with Gasteiger partial charge in [-0.25, -0.2) is 0 Å². The van der Waals surface area contributed by atoms with E-state index in [-0.39, 0.29) is 18.6 Å². The van der Waals surface area contributed by atoms with E-state index in [4.69, 9.17) is 4.74 Å². The van der Waals surface area contributed by atoms with Crippen LogP contribution < -0.4 is 5.32 Å². The van der Waals surface area contributed by atoms with Gasteiger partial charge >= 0.3 is 0 Å². The summed E-state index contributed by atoms with van der Waals surface area (Å²) in [6.07, 6.45) is 2.78. The number of rotatable bonds is 6. The van der Waals surface area contributed by atoms with Crippen molar-refractivity contribution in [2.45, 2.75) is 32.5 Å². The number of carbonyl (C=O) groups is 1. The molecule has 2 aromatic heterocycles. The molecule has 130 valence electrons. The second-order valence-electron chi connectivity index (χ2n) is 6.28. The third-order valence-corrected chi connectivity index (χ3v) is 5.09. The molecule has 0 saturated heterocycles. The highest BCUT2D eigenvalue weighted by molar-refractivity contribution is 7.11. The van der Waals surface area contributed by atoms with Crippen LogP contribution in [0.3, 0.4) is 0 Å². The summed E-state index contributed by atoms with van der Waals surface area (Å²) in [6.45, 7) is 4.65. The number of thiophene rings is 1. The van der Waals surface area contributed by atoms with Gasteiger partial charge in [0.15, 0.2) is 0 Å². The fourth-order valence-corrected chi connectivity index (χ4v) is 3.61. The Labute approximate surface area is 146 Å². The number of aryl methyl sites for hydroxylation is 1. The zero-order valence-electron chi connectivity index (χ0n) is 14.4. The molecular formula is C17H24N4O2S. The maximum atomic E-state index is 11.9. The lowest BCUT2D eigenvalue weighted by Crippen LogP contribution is -2.28. The lowest BCUT2D eigenvalue weighted by molar-refractivity contribution is -0.129. The van der Waals surface area contributed by atoms with Crippen molar-refractivity contribution in [3.8, 4) is 0 Å². The molecule has 1 atom stereocenters. The molecule has 6 nitrogen and oxygen atoms in total. The number of hydrogen-bond acceptors (Lipinski definition) is 5. The van der Waals surface area contributed by atoms with Crippen LogP contribution in [-0.2, 0) is 29.0 Å². The van der Waals surface area contributed by atoms with E-state index in [0.717, 1.165) is 25.2 Å². The molecule has 1 amide bonds. The van der Waals surface area contributed by atoms with Gasteiger partial charge in [-0.3, -0.25) is 9.48 Å². The third-order valence-electron chi connectivity index (χ3n) is 4.09. The smallest absolute Gasteiger partial charge is 0.243 e. The lowest BCUT2D eigenvalue weighted by atomic mass is 10.1. The van der Waals surface area contributed by atoms with Crippen LogP contribution in [0.15, 0.2) is 18.3 Å². The molecule has 0 bridgehead atoms. The number of fused-ring (bicyclic) bond motifs is 1. The van der Waals surface area contributed by atoms with Crippen LogP contribution in [0.5, 0.6) is 0 Å². The number of amides is 1. The zero-order chi connectivity index (χ0) is 17.1. The Morgan fingerprint density at radius 2 is 2.33 bits per heavy atom. The third kappa shape index (κ3) is 4.03. The summed E-state index contributed by atoms with van der Waals surface area (Å²) < 4.78 is 7.62. The summed E-state index contributed by atoms with van der Waals surface area (Å²) in [5.41, 5.74) is 2.15. The molecular weight excluding hydrogens is 324 g/mol. The van der Waals surface area contributed by atoms with Gasteiger partial charge in [0.25, 0.3) is 0 Å². The van der Waals surface area contributed by atoms with E-state index >= 15 is 0 Å². The van der Waals surface area contributed by atoms with Gasteiger partial charge in [-0.1, -0.05) is 0 Å². The number of ether oxygens (including phenoxy) is 1. The average molecular weight is 348 g/mol. The topological polar surface area (TPSA) is 59.4 Å². The van der Waals surface area contributed by atoms with Crippen LogP contribution in [0.25, 0.3) is 0 Å². The first kappa shape index (κ1) is 17.1. The molecule has 1 aliphatic heterocycles. The summed E-state index contributed by atoms with van der Waals surface area (Å²) in [4.78, 5) is 16.1. The fourth-order valence-electron chi connectivity index (χ4n) is 2.75. The molecule has 3 rings (SSSR count). The largest absolute Gasteiger partial charge is 0.370 e. The maximum absolute atomic E-state index is 11.9. The van der Waals surface area contributed by atoms with Crippen molar-refractivity contribution < 1.29 is 9.53 Å². The van der Waals surface area contributed by atoms with Crippen molar-refractivity contribution >= 4 is 17.2 Å². The molecule has 2 aromatic rings. The van der Waals surface area contributed by atoms with Crippen LogP contribution in [0.2, 0.25) is 0 Å². The quantitative estimate of drug-likeness (QED) is 0.864. The van der Waals surface area contributed by atoms with Crippen LogP contribution in [0.1, 0.15) is 27.1 Å². The molecule has 7 heteroatoms. The minimum absolute atomic E-state index is 0.0403.